The van der Waals surface area contributed by atoms with Crippen LogP contribution in [0.4, 0.5) is 0 Å². The van der Waals surface area contributed by atoms with Crippen LogP contribution in [-0.2, 0) is 14.8 Å². The van der Waals surface area contributed by atoms with E-state index in [-0.39, 0.29) is 30.9 Å². The first-order valence-electron chi connectivity index (χ1n) is 10.8. The van der Waals surface area contributed by atoms with Crippen LogP contribution < -0.4 is 0 Å². The van der Waals surface area contributed by atoms with E-state index in [4.69, 9.17) is 10.00 Å². The van der Waals surface area contributed by atoms with Crippen molar-refractivity contribution >= 4 is 10.0 Å². The fourth-order valence-corrected chi connectivity index (χ4v) is 5.95. The number of nitriles is 1. The highest BCUT2D eigenvalue weighted by atomic mass is 32.2. The Hall–Kier alpha value is -1.42. The molecule has 0 aromatic heterocycles. The number of hydrogen-bond donors (Lipinski definition) is 0. The Bertz CT molecular complexity index is 803. The van der Waals surface area contributed by atoms with E-state index in [2.05, 4.69) is 32.0 Å². The van der Waals surface area contributed by atoms with Crippen LogP contribution in [0.25, 0.3) is 0 Å². The monoisotopic (exact) mass is 420 g/mol. The minimum absolute atomic E-state index is 0.0801. The summed E-state index contributed by atoms with van der Waals surface area (Å²) in [6.45, 7) is 13.6. The summed E-state index contributed by atoms with van der Waals surface area (Å²) in [7, 11) is -3.75. The molecular weight excluding hydrogens is 384 g/mol. The van der Waals surface area contributed by atoms with Gasteiger partial charge in [0, 0.05) is 26.1 Å². The van der Waals surface area contributed by atoms with Gasteiger partial charge in [0.05, 0.1) is 17.1 Å². The standard InChI is InChI=1S/C23H36N2O3S/c1-16(2)19-13-21(17(3)4)23(22(14-19)18(5)6)29(26,27)25(11-8-10-24)15-20-9-7-12-28-20/h13-14,16-18,20H,7-9,11-12,15H2,1-6H3. The molecule has 162 valence electrons. The molecule has 1 heterocycles. The molecule has 0 bridgehead atoms. The molecule has 0 aliphatic carbocycles. The van der Waals surface area contributed by atoms with Crippen molar-refractivity contribution in [2.75, 3.05) is 19.7 Å². The maximum atomic E-state index is 13.9. The van der Waals surface area contributed by atoms with E-state index in [0.29, 0.717) is 24.0 Å². The third kappa shape index (κ3) is 5.59. The van der Waals surface area contributed by atoms with Gasteiger partial charge in [0.15, 0.2) is 0 Å². The van der Waals surface area contributed by atoms with Gasteiger partial charge in [-0.3, -0.25) is 0 Å². The fraction of sp³-hybridized carbons (Fsp3) is 0.696. The smallest absolute Gasteiger partial charge is 0.243 e. The molecule has 0 amide bonds. The molecule has 0 saturated carbocycles. The van der Waals surface area contributed by atoms with Crippen LogP contribution in [0.1, 0.15) is 95.2 Å². The Balaban J connectivity index is 2.63. The number of rotatable bonds is 9. The molecule has 5 nitrogen and oxygen atoms in total. The van der Waals surface area contributed by atoms with E-state index in [1.807, 2.05) is 27.7 Å². The van der Waals surface area contributed by atoms with E-state index in [0.717, 1.165) is 24.0 Å². The van der Waals surface area contributed by atoms with E-state index < -0.39 is 10.0 Å². The normalized spacial score (nSPS) is 17.6. The summed E-state index contributed by atoms with van der Waals surface area (Å²) in [4.78, 5) is 0.433. The summed E-state index contributed by atoms with van der Waals surface area (Å²) < 4.78 is 35.0. The van der Waals surface area contributed by atoms with Crippen molar-refractivity contribution in [1.29, 1.82) is 5.26 Å². The first-order chi connectivity index (χ1) is 13.6. The summed E-state index contributed by atoms with van der Waals surface area (Å²) in [5.41, 5.74) is 2.91. The Morgan fingerprint density at radius 1 is 1.10 bits per heavy atom. The zero-order valence-electron chi connectivity index (χ0n) is 18.7. The van der Waals surface area contributed by atoms with Gasteiger partial charge in [0.25, 0.3) is 0 Å². The number of benzene rings is 1. The molecule has 29 heavy (non-hydrogen) atoms. The van der Waals surface area contributed by atoms with E-state index in [1.165, 1.54) is 9.87 Å². The third-order valence-electron chi connectivity index (χ3n) is 5.58. The van der Waals surface area contributed by atoms with Crippen LogP contribution in [0.15, 0.2) is 17.0 Å². The number of sulfonamides is 1. The molecule has 1 atom stereocenters. The quantitative estimate of drug-likeness (QED) is 0.554. The second kappa shape index (κ2) is 10.1. The van der Waals surface area contributed by atoms with Gasteiger partial charge in [-0.2, -0.15) is 9.57 Å². The molecule has 1 aromatic rings. The van der Waals surface area contributed by atoms with Crippen molar-refractivity contribution in [2.45, 2.75) is 89.6 Å². The van der Waals surface area contributed by atoms with Gasteiger partial charge in [-0.1, -0.05) is 53.7 Å². The molecule has 0 spiro atoms. The predicted octanol–water partition coefficient (Wildman–Crippen LogP) is 5.14. The molecule has 2 rings (SSSR count). The third-order valence-corrected chi connectivity index (χ3v) is 7.58. The topological polar surface area (TPSA) is 70.4 Å². The first-order valence-corrected chi connectivity index (χ1v) is 12.2. The van der Waals surface area contributed by atoms with E-state index in [1.54, 1.807) is 0 Å². The second-order valence-corrected chi connectivity index (χ2v) is 10.8. The largest absolute Gasteiger partial charge is 0.377 e. The summed E-state index contributed by atoms with van der Waals surface area (Å²) in [6, 6.07) is 6.21. The van der Waals surface area contributed by atoms with Crippen molar-refractivity contribution in [2.24, 2.45) is 0 Å². The number of hydrogen-bond acceptors (Lipinski definition) is 4. The molecule has 6 heteroatoms. The van der Waals surface area contributed by atoms with Crippen LogP contribution in [0.5, 0.6) is 0 Å². The van der Waals surface area contributed by atoms with Crippen LogP contribution in [0.3, 0.4) is 0 Å². The molecule has 0 radical (unpaired) electrons. The first kappa shape index (κ1) is 23.9. The Kier molecular flexibility index (Phi) is 8.28. The van der Waals surface area contributed by atoms with Crippen molar-refractivity contribution in [3.63, 3.8) is 0 Å². The average Bonchev–Trinajstić information content (AvgIpc) is 3.16. The van der Waals surface area contributed by atoms with Gasteiger partial charge in [-0.25, -0.2) is 8.42 Å². The fourth-order valence-electron chi connectivity index (χ4n) is 3.82. The van der Waals surface area contributed by atoms with Crippen LogP contribution in [-0.4, -0.2) is 38.5 Å². The van der Waals surface area contributed by atoms with Gasteiger partial charge in [-0.15, -0.1) is 0 Å². The Morgan fingerprint density at radius 3 is 2.10 bits per heavy atom. The highest BCUT2D eigenvalue weighted by Gasteiger charge is 2.34. The highest BCUT2D eigenvalue weighted by molar-refractivity contribution is 7.89. The van der Waals surface area contributed by atoms with E-state index >= 15 is 0 Å². The molecule has 1 saturated heterocycles. The van der Waals surface area contributed by atoms with Crippen molar-refractivity contribution < 1.29 is 13.2 Å². The molecule has 1 aliphatic rings. The summed E-state index contributed by atoms with van der Waals surface area (Å²) >= 11 is 0. The molecule has 1 fully saturated rings. The maximum absolute atomic E-state index is 13.9. The lowest BCUT2D eigenvalue weighted by Crippen LogP contribution is -2.39. The number of ether oxygens (including phenoxy) is 1. The van der Waals surface area contributed by atoms with Crippen LogP contribution in [0, 0.1) is 11.3 Å². The lowest BCUT2D eigenvalue weighted by molar-refractivity contribution is 0.0941. The minimum atomic E-state index is -3.75. The molecule has 1 aliphatic heterocycles. The Labute approximate surface area is 177 Å². The van der Waals surface area contributed by atoms with Crippen LogP contribution >= 0.6 is 0 Å². The zero-order chi connectivity index (χ0) is 21.8. The summed E-state index contributed by atoms with van der Waals surface area (Å²) in [5, 5.41) is 9.09. The molecule has 0 N–H and O–H groups in total. The average molecular weight is 421 g/mol. The minimum Gasteiger partial charge on any atom is -0.377 e. The Morgan fingerprint density at radius 2 is 1.69 bits per heavy atom. The number of nitrogens with zero attached hydrogens (tertiary/aromatic N) is 2. The van der Waals surface area contributed by atoms with Gasteiger partial charge in [0.2, 0.25) is 10.0 Å². The van der Waals surface area contributed by atoms with Crippen molar-refractivity contribution in [3.05, 3.63) is 28.8 Å². The highest BCUT2D eigenvalue weighted by Crippen LogP contribution is 2.37. The lowest BCUT2D eigenvalue weighted by atomic mass is 9.89. The SMILES string of the molecule is CC(C)c1cc(C(C)C)c(S(=O)(=O)N(CCC#N)CC2CCCO2)c(C(C)C)c1. The van der Waals surface area contributed by atoms with Gasteiger partial charge >= 0.3 is 0 Å². The van der Waals surface area contributed by atoms with Gasteiger partial charge in [0.1, 0.15) is 0 Å². The lowest BCUT2D eigenvalue weighted by Gasteiger charge is -2.29. The molecular formula is C23H36N2O3S. The predicted molar refractivity (Wildman–Crippen MR) is 117 cm³/mol. The maximum Gasteiger partial charge on any atom is 0.243 e. The zero-order valence-corrected chi connectivity index (χ0v) is 19.6. The van der Waals surface area contributed by atoms with Crippen LogP contribution in [0.2, 0.25) is 0 Å². The van der Waals surface area contributed by atoms with Crippen molar-refractivity contribution in [3.8, 4) is 6.07 Å². The molecule has 1 unspecified atom stereocenters. The molecule has 1 aromatic carbocycles. The van der Waals surface area contributed by atoms with Gasteiger partial charge < -0.3 is 4.74 Å². The summed E-state index contributed by atoms with van der Waals surface area (Å²) in [6.07, 6.45) is 1.89. The van der Waals surface area contributed by atoms with E-state index in [9.17, 15) is 8.42 Å². The second-order valence-electron chi connectivity index (χ2n) is 8.90. The van der Waals surface area contributed by atoms with Crippen molar-refractivity contribution in [1.82, 2.24) is 4.31 Å². The summed E-state index contributed by atoms with van der Waals surface area (Å²) in [5.74, 6) is 0.483. The van der Waals surface area contributed by atoms with Gasteiger partial charge in [-0.05, 0) is 47.3 Å².